The van der Waals surface area contributed by atoms with E-state index >= 15 is 0 Å². The number of hydrogen-bond donors (Lipinski definition) is 2. The van der Waals surface area contributed by atoms with Crippen molar-refractivity contribution < 1.29 is 24.3 Å². The van der Waals surface area contributed by atoms with E-state index in [0.717, 1.165) is 50.8 Å². The summed E-state index contributed by atoms with van der Waals surface area (Å²) in [6.07, 6.45) is 6.15. The number of carbonyl (C=O) groups excluding carboxylic acids is 2. The molecule has 6 atom stereocenters. The number of aliphatic hydroxyl groups excluding tert-OH is 1. The van der Waals surface area contributed by atoms with Gasteiger partial charge in [0, 0.05) is 42.1 Å². The number of rotatable bonds is 4. The molecule has 0 spiro atoms. The van der Waals surface area contributed by atoms with Gasteiger partial charge in [-0.3, -0.25) is 9.59 Å². The van der Waals surface area contributed by atoms with Crippen LogP contribution >= 0.6 is 0 Å². The molecule has 5 heteroatoms. The van der Waals surface area contributed by atoms with Crippen molar-refractivity contribution in [3.8, 4) is 0 Å². The molecule has 4 aliphatic rings. The third-order valence-corrected chi connectivity index (χ3v) is 9.20. The zero-order valence-electron chi connectivity index (χ0n) is 19.3. The smallest absolute Gasteiger partial charge is 0.315 e. The van der Waals surface area contributed by atoms with Crippen LogP contribution in [0, 0.1) is 29.1 Å². The minimum Gasteiger partial charge on any atom is -0.461 e. The van der Waals surface area contributed by atoms with Crippen molar-refractivity contribution in [2.75, 3.05) is 19.6 Å². The van der Waals surface area contributed by atoms with Gasteiger partial charge in [-0.25, -0.2) is 0 Å². The molecule has 2 N–H and O–H groups in total. The number of likely N-dealkylation sites (tertiary alicyclic amines) is 1. The summed E-state index contributed by atoms with van der Waals surface area (Å²) in [5, 5.41) is 11.5. The highest BCUT2D eigenvalue weighted by atomic mass is 16.6. The lowest BCUT2D eigenvalue weighted by Gasteiger charge is -2.51. The van der Waals surface area contributed by atoms with Gasteiger partial charge in [0.2, 0.25) is 0 Å². The average molecular weight is 439 g/mol. The van der Waals surface area contributed by atoms with Gasteiger partial charge in [0.25, 0.3) is 0 Å². The Kier molecular flexibility index (Phi) is 5.75. The van der Waals surface area contributed by atoms with Crippen molar-refractivity contribution in [2.24, 2.45) is 29.1 Å². The van der Waals surface area contributed by atoms with E-state index in [2.05, 4.69) is 19.9 Å². The fraction of sp³-hybridized carbons (Fsp3) is 0.630. The summed E-state index contributed by atoms with van der Waals surface area (Å²) >= 11 is 0. The van der Waals surface area contributed by atoms with Gasteiger partial charge in [0.05, 0.1) is 25.7 Å². The molecule has 2 saturated heterocycles. The number of ketones is 1. The summed E-state index contributed by atoms with van der Waals surface area (Å²) in [6, 6.07) is 9.57. The SMILES string of the molecule is C[C@H]1CCC=C2C[C@H]3OC(=O)[C@@H](C[NH+]4CCC(C(=O)c5ccccc5)CC4)[C@H]3[C@@H](O)[C@@]21C. The molecular formula is C27H36NO4+. The zero-order valence-corrected chi connectivity index (χ0v) is 19.3. The van der Waals surface area contributed by atoms with E-state index in [1.165, 1.54) is 10.5 Å². The van der Waals surface area contributed by atoms with Gasteiger partial charge >= 0.3 is 5.97 Å². The largest absolute Gasteiger partial charge is 0.461 e. The third kappa shape index (κ3) is 3.54. The molecule has 32 heavy (non-hydrogen) atoms. The number of allylic oxidation sites excluding steroid dienone is 1. The van der Waals surface area contributed by atoms with E-state index < -0.39 is 6.10 Å². The summed E-state index contributed by atoms with van der Waals surface area (Å²) in [5.41, 5.74) is 1.83. The molecule has 172 valence electrons. The lowest BCUT2D eigenvalue weighted by atomic mass is 9.55. The molecule has 0 radical (unpaired) electrons. The molecule has 0 bridgehead atoms. The first-order valence-corrected chi connectivity index (χ1v) is 12.4. The maximum absolute atomic E-state index is 12.9. The third-order valence-electron chi connectivity index (χ3n) is 9.20. The number of fused-ring (bicyclic) bond motifs is 2. The normalized spacial score (nSPS) is 41.3. The van der Waals surface area contributed by atoms with Crippen LogP contribution in [0.3, 0.4) is 0 Å². The molecule has 0 aromatic heterocycles. The number of benzene rings is 1. The lowest BCUT2D eigenvalue weighted by molar-refractivity contribution is -0.908. The Morgan fingerprint density at radius 1 is 1.19 bits per heavy atom. The summed E-state index contributed by atoms with van der Waals surface area (Å²) < 4.78 is 5.83. The van der Waals surface area contributed by atoms with Gasteiger partial charge in [-0.2, -0.15) is 0 Å². The van der Waals surface area contributed by atoms with E-state index in [9.17, 15) is 14.7 Å². The van der Waals surface area contributed by atoms with Crippen LogP contribution in [0.1, 0.15) is 56.3 Å². The molecule has 1 saturated carbocycles. The quantitative estimate of drug-likeness (QED) is 0.431. The summed E-state index contributed by atoms with van der Waals surface area (Å²) in [5.74, 6) is 0.206. The standard InChI is InChI=1S/C27H35NO4/c1-17-7-6-10-20-15-22-23(25(30)27(17,20)2)21(26(31)32-22)16-28-13-11-19(12-14-28)24(29)18-8-4-3-5-9-18/h3-5,8-10,17,19,21-23,25,30H,6-7,11-16H2,1-2H3/p+1/t17-,21-,22+,23+,25+,27+/m0/s1. The lowest BCUT2D eigenvalue weighted by Crippen LogP contribution is -3.14. The van der Waals surface area contributed by atoms with Gasteiger partial charge in [-0.05, 0) is 18.8 Å². The molecule has 0 amide bonds. The van der Waals surface area contributed by atoms with E-state index in [1.54, 1.807) is 0 Å². The highest BCUT2D eigenvalue weighted by molar-refractivity contribution is 5.97. The Labute approximate surface area is 190 Å². The van der Waals surface area contributed by atoms with Crippen LogP contribution < -0.4 is 4.90 Å². The Hall–Kier alpha value is -1.98. The molecule has 0 unspecified atom stereocenters. The Morgan fingerprint density at radius 2 is 1.91 bits per heavy atom. The van der Waals surface area contributed by atoms with Crippen LogP contribution in [-0.4, -0.2) is 48.7 Å². The molecule has 5 nitrogen and oxygen atoms in total. The predicted molar refractivity (Wildman–Crippen MR) is 121 cm³/mol. The molecule has 2 aliphatic carbocycles. The van der Waals surface area contributed by atoms with Crippen LogP contribution in [0.5, 0.6) is 0 Å². The van der Waals surface area contributed by atoms with Crippen LogP contribution in [0.4, 0.5) is 0 Å². The van der Waals surface area contributed by atoms with Crippen molar-refractivity contribution in [3.63, 3.8) is 0 Å². The first-order valence-electron chi connectivity index (χ1n) is 12.4. The van der Waals surface area contributed by atoms with Crippen molar-refractivity contribution in [3.05, 3.63) is 47.5 Å². The van der Waals surface area contributed by atoms with Crippen LogP contribution in [0.2, 0.25) is 0 Å². The van der Waals surface area contributed by atoms with Gasteiger partial charge in [-0.15, -0.1) is 0 Å². The predicted octanol–water partition coefficient (Wildman–Crippen LogP) is 2.45. The molecule has 2 heterocycles. The second-order valence-corrected chi connectivity index (χ2v) is 10.8. The number of esters is 1. The number of nitrogens with one attached hydrogen (secondary N) is 1. The van der Waals surface area contributed by atoms with Crippen LogP contribution in [0.25, 0.3) is 0 Å². The maximum atomic E-state index is 12.9. The number of quaternary nitrogens is 1. The number of carbonyl (C=O) groups is 2. The van der Waals surface area contributed by atoms with Gasteiger partial charge in [0.1, 0.15) is 12.0 Å². The fourth-order valence-corrected chi connectivity index (χ4v) is 6.94. The maximum Gasteiger partial charge on any atom is 0.315 e. The minimum atomic E-state index is -0.546. The molecular weight excluding hydrogens is 402 g/mol. The van der Waals surface area contributed by atoms with Gasteiger partial charge in [0.15, 0.2) is 5.78 Å². The van der Waals surface area contributed by atoms with E-state index in [1.807, 2.05) is 30.3 Å². The zero-order chi connectivity index (χ0) is 22.5. The van der Waals surface area contributed by atoms with Crippen LogP contribution in [0.15, 0.2) is 42.0 Å². The monoisotopic (exact) mass is 438 g/mol. The molecule has 5 rings (SSSR count). The van der Waals surface area contributed by atoms with Gasteiger partial charge < -0.3 is 14.7 Å². The van der Waals surface area contributed by atoms with Gasteiger partial charge in [-0.1, -0.05) is 55.8 Å². The Morgan fingerprint density at radius 3 is 2.62 bits per heavy atom. The number of hydrogen-bond acceptors (Lipinski definition) is 4. The topological polar surface area (TPSA) is 68.0 Å². The van der Waals surface area contributed by atoms with E-state index in [4.69, 9.17) is 4.74 Å². The van der Waals surface area contributed by atoms with Crippen LogP contribution in [-0.2, 0) is 9.53 Å². The van der Waals surface area contributed by atoms with E-state index in [0.29, 0.717) is 12.5 Å². The second-order valence-electron chi connectivity index (χ2n) is 10.8. The first-order chi connectivity index (χ1) is 15.4. The number of aliphatic hydroxyl groups is 1. The molecule has 1 aromatic rings. The van der Waals surface area contributed by atoms with Crippen molar-refractivity contribution in [1.82, 2.24) is 0 Å². The minimum absolute atomic E-state index is 0.0689. The molecule has 3 fully saturated rings. The highest BCUT2D eigenvalue weighted by Crippen LogP contribution is 2.55. The number of piperidine rings is 1. The number of ether oxygens (including phenoxy) is 1. The first kappa shape index (κ1) is 21.8. The van der Waals surface area contributed by atoms with Crippen molar-refractivity contribution >= 4 is 11.8 Å². The van der Waals surface area contributed by atoms with Crippen molar-refractivity contribution in [1.29, 1.82) is 0 Å². The van der Waals surface area contributed by atoms with Crippen molar-refractivity contribution in [2.45, 2.75) is 58.2 Å². The second kappa shape index (κ2) is 8.42. The molecule has 1 aromatic carbocycles. The highest BCUT2D eigenvalue weighted by Gasteiger charge is 2.60. The molecule has 2 aliphatic heterocycles. The average Bonchev–Trinajstić information content (AvgIpc) is 3.11. The Balaban J connectivity index is 1.25. The summed E-state index contributed by atoms with van der Waals surface area (Å²) in [7, 11) is 0. The number of Topliss-reactive ketones (excluding diaryl/α,β-unsaturated/α-hetero) is 1. The fourth-order valence-electron chi connectivity index (χ4n) is 6.94. The summed E-state index contributed by atoms with van der Waals surface area (Å²) in [4.78, 5) is 27.1. The summed E-state index contributed by atoms with van der Waals surface area (Å²) in [6.45, 7) is 6.91. The Bertz CT molecular complexity index is 903. The van der Waals surface area contributed by atoms with E-state index in [-0.39, 0.29) is 41.0 Å².